The number of rotatable bonds is 7. The summed E-state index contributed by atoms with van der Waals surface area (Å²) >= 11 is 0. The topological polar surface area (TPSA) is 56.5 Å². The van der Waals surface area contributed by atoms with Gasteiger partial charge in [-0.1, -0.05) is 12.5 Å². The lowest BCUT2D eigenvalue weighted by molar-refractivity contribution is 0.146. The van der Waals surface area contributed by atoms with Crippen LogP contribution in [0.5, 0.6) is 5.75 Å². The Morgan fingerprint density at radius 2 is 2.15 bits per heavy atom. The van der Waals surface area contributed by atoms with Crippen molar-refractivity contribution in [3.8, 4) is 5.75 Å². The summed E-state index contributed by atoms with van der Waals surface area (Å²) in [5.41, 5.74) is 8.12. The molecule has 1 aliphatic rings. The molecule has 4 heteroatoms. The van der Waals surface area contributed by atoms with E-state index in [4.69, 9.17) is 15.2 Å². The first kappa shape index (κ1) is 15.1. The molecule has 4 nitrogen and oxygen atoms in total. The standard InChI is InChI=1S/C16H26N2O2/c1-12-6-7-15(16(10-12)20-9-8-19-2)18-14-5-3-4-13(14)11-17/h6-7,10,13-14,18H,3-5,8-9,11,17H2,1-2H3. The van der Waals surface area contributed by atoms with Crippen molar-refractivity contribution in [3.05, 3.63) is 23.8 Å². The van der Waals surface area contributed by atoms with Gasteiger partial charge in [-0.05, 0) is 49.9 Å². The summed E-state index contributed by atoms with van der Waals surface area (Å²) in [5.74, 6) is 1.48. The molecule has 112 valence electrons. The summed E-state index contributed by atoms with van der Waals surface area (Å²) in [6, 6.07) is 6.75. The van der Waals surface area contributed by atoms with Gasteiger partial charge >= 0.3 is 0 Å². The minimum absolute atomic E-state index is 0.465. The summed E-state index contributed by atoms with van der Waals surface area (Å²) < 4.78 is 10.9. The number of nitrogens with one attached hydrogen (secondary N) is 1. The molecule has 20 heavy (non-hydrogen) atoms. The minimum Gasteiger partial charge on any atom is -0.489 e. The van der Waals surface area contributed by atoms with Gasteiger partial charge in [-0.2, -0.15) is 0 Å². The zero-order valence-electron chi connectivity index (χ0n) is 12.5. The number of methoxy groups -OCH3 is 1. The normalized spacial score (nSPS) is 21.9. The lowest BCUT2D eigenvalue weighted by atomic mass is 10.0. The molecule has 1 fully saturated rings. The van der Waals surface area contributed by atoms with Crippen molar-refractivity contribution in [3.63, 3.8) is 0 Å². The third-order valence-electron chi connectivity index (χ3n) is 3.98. The second kappa shape index (κ2) is 7.50. The summed E-state index contributed by atoms with van der Waals surface area (Å²) in [6.07, 6.45) is 3.67. The van der Waals surface area contributed by atoms with Gasteiger partial charge in [0.05, 0.1) is 12.3 Å². The Morgan fingerprint density at radius 3 is 2.90 bits per heavy atom. The highest BCUT2D eigenvalue weighted by atomic mass is 16.5. The fourth-order valence-corrected chi connectivity index (χ4v) is 2.81. The van der Waals surface area contributed by atoms with Gasteiger partial charge in [0.15, 0.2) is 0 Å². The largest absolute Gasteiger partial charge is 0.489 e. The average molecular weight is 278 g/mol. The molecule has 3 N–H and O–H groups in total. The van der Waals surface area contributed by atoms with E-state index in [1.54, 1.807) is 7.11 Å². The molecule has 0 spiro atoms. The molecule has 0 aliphatic heterocycles. The van der Waals surface area contributed by atoms with E-state index < -0.39 is 0 Å². The molecule has 0 bridgehead atoms. The SMILES string of the molecule is COCCOc1cc(C)ccc1NC1CCCC1CN. The highest BCUT2D eigenvalue weighted by molar-refractivity contribution is 5.58. The monoisotopic (exact) mass is 278 g/mol. The van der Waals surface area contributed by atoms with E-state index in [0.717, 1.165) is 18.0 Å². The van der Waals surface area contributed by atoms with Gasteiger partial charge in [0, 0.05) is 13.2 Å². The van der Waals surface area contributed by atoms with Gasteiger partial charge in [-0.25, -0.2) is 0 Å². The molecule has 0 saturated heterocycles. The molecule has 0 aromatic heterocycles. The van der Waals surface area contributed by atoms with E-state index in [9.17, 15) is 0 Å². The van der Waals surface area contributed by atoms with E-state index in [-0.39, 0.29) is 0 Å². The first-order valence-electron chi connectivity index (χ1n) is 7.43. The summed E-state index contributed by atoms with van der Waals surface area (Å²) in [7, 11) is 1.68. The molecule has 1 aromatic rings. The van der Waals surface area contributed by atoms with E-state index in [2.05, 4.69) is 30.4 Å². The molecule has 0 amide bonds. The zero-order chi connectivity index (χ0) is 14.4. The zero-order valence-corrected chi connectivity index (χ0v) is 12.5. The van der Waals surface area contributed by atoms with Crippen LogP contribution in [0, 0.1) is 12.8 Å². The maximum Gasteiger partial charge on any atom is 0.142 e. The fourth-order valence-electron chi connectivity index (χ4n) is 2.81. The highest BCUT2D eigenvalue weighted by Crippen LogP contribution is 2.32. The number of anilines is 1. The molecule has 0 heterocycles. The number of hydrogen-bond donors (Lipinski definition) is 2. The van der Waals surface area contributed by atoms with Crippen LogP contribution in [0.25, 0.3) is 0 Å². The molecule has 1 saturated carbocycles. The summed E-state index contributed by atoms with van der Waals surface area (Å²) in [5, 5.41) is 3.62. The van der Waals surface area contributed by atoms with Crippen molar-refractivity contribution >= 4 is 5.69 Å². The molecule has 0 radical (unpaired) electrons. The van der Waals surface area contributed by atoms with Crippen molar-refractivity contribution < 1.29 is 9.47 Å². The minimum atomic E-state index is 0.465. The number of ether oxygens (including phenoxy) is 2. The van der Waals surface area contributed by atoms with Crippen LogP contribution in [0.4, 0.5) is 5.69 Å². The van der Waals surface area contributed by atoms with Gasteiger partial charge < -0.3 is 20.5 Å². The number of aryl methyl sites for hydroxylation is 1. The van der Waals surface area contributed by atoms with Crippen molar-refractivity contribution in [1.82, 2.24) is 0 Å². The summed E-state index contributed by atoms with van der Waals surface area (Å²) in [4.78, 5) is 0. The van der Waals surface area contributed by atoms with Gasteiger partial charge in [0.25, 0.3) is 0 Å². The van der Waals surface area contributed by atoms with E-state index in [0.29, 0.717) is 25.2 Å². The number of nitrogens with two attached hydrogens (primary N) is 1. The van der Waals surface area contributed by atoms with Crippen LogP contribution in [-0.4, -0.2) is 32.9 Å². The predicted molar refractivity (Wildman–Crippen MR) is 82.4 cm³/mol. The lowest BCUT2D eigenvalue weighted by Gasteiger charge is -2.22. The van der Waals surface area contributed by atoms with E-state index in [1.165, 1.54) is 24.8 Å². The average Bonchev–Trinajstić information content (AvgIpc) is 2.89. The lowest BCUT2D eigenvalue weighted by Crippen LogP contribution is -2.29. The van der Waals surface area contributed by atoms with E-state index in [1.807, 2.05) is 0 Å². The van der Waals surface area contributed by atoms with Gasteiger partial charge in [0.1, 0.15) is 12.4 Å². The van der Waals surface area contributed by atoms with Crippen LogP contribution in [0.2, 0.25) is 0 Å². The molecule has 1 aromatic carbocycles. The summed E-state index contributed by atoms with van der Waals surface area (Å²) in [6.45, 7) is 4.00. The van der Waals surface area contributed by atoms with Crippen molar-refractivity contribution in [1.29, 1.82) is 0 Å². The first-order valence-corrected chi connectivity index (χ1v) is 7.43. The Morgan fingerprint density at radius 1 is 1.30 bits per heavy atom. The Balaban J connectivity index is 2.05. The molecule has 2 rings (SSSR count). The smallest absolute Gasteiger partial charge is 0.142 e. The van der Waals surface area contributed by atoms with Crippen molar-refractivity contribution in [2.24, 2.45) is 11.7 Å². The van der Waals surface area contributed by atoms with Gasteiger partial charge in [0.2, 0.25) is 0 Å². The van der Waals surface area contributed by atoms with Crippen LogP contribution in [-0.2, 0) is 4.74 Å². The fraction of sp³-hybridized carbons (Fsp3) is 0.625. The second-order valence-corrected chi connectivity index (χ2v) is 5.52. The first-order chi connectivity index (χ1) is 9.74. The maximum absolute atomic E-state index is 5.85. The third-order valence-corrected chi connectivity index (χ3v) is 3.98. The Bertz CT molecular complexity index is 423. The molecular formula is C16H26N2O2. The van der Waals surface area contributed by atoms with Crippen LogP contribution >= 0.6 is 0 Å². The second-order valence-electron chi connectivity index (χ2n) is 5.52. The van der Waals surface area contributed by atoms with Crippen LogP contribution < -0.4 is 15.8 Å². The van der Waals surface area contributed by atoms with Gasteiger partial charge in [-0.3, -0.25) is 0 Å². The third kappa shape index (κ3) is 3.87. The van der Waals surface area contributed by atoms with Gasteiger partial charge in [-0.15, -0.1) is 0 Å². The Labute approximate surface area is 121 Å². The Kier molecular flexibility index (Phi) is 5.68. The molecule has 1 aliphatic carbocycles. The molecule has 2 unspecified atom stereocenters. The van der Waals surface area contributed by atoms with E-state index >= 15 is 0 Å². The quantitative estimate of drug-likeness (QED) is 0.753. The number of benzene rings is 1. The molecule has 2 atom stereocenters. The highest BCUT2D eigenvalue weighted by Gasteiger charge is 2.26. The number of hydrogen-bond acceptors (Lipinski definition) is 4. The van der Waals surface area contributed by atoms with Crippen LogP contribution in [0.15, 0.2) is 18.2 Å². The molecular weight excluding hydrogens is 252 g/mol. The van der Waals surface area contributed by atoms with Crippen LogP contribution in [0.3, 0.4) is 0 Å². The maximum atomic E-state index is 5.85. The van der Waals surface area contributed by atoms with Crippen molar-refractivity contribution in [2.45, 2.75) is 32.2 Å². The Hall–Kier alpha value is -1.26. The predicted octanol–water partition coefficient (Wildman–Crippen LogP) is 2.56. The van der Waals surface area contributed by atoms with Crippen LogP contribution in [0.1, 0.15) is 24.8 Å². The van der Waals surface area contributed by atoms with Crippen molar-refractivity contribution in [2.75, 3.05) is 32.2 Å².